The van der Waals surface area contributed by atoms with Gasteiger partial charge in [-0.3, -0.25) is 0 Å². The first kappa shape index (κ1) is 13.1. The van der Waals surface area contributed by atoms with Crippen molar-refractivity contribution in [1.29, 1.82) is 0 Å². The van der Waals surface area contributed by atoms with Crippen LogP contribution in [0.2, 0.25) is 0 Å². The summed E-state index contributed by atoms with van der Waals surface area (Å²) in [5, 5.41) is 0. The zero-order valence-electron chi connectivity index (χ0n) is 9.08. The summed E-state index contributed by atoms with van der Waals surface area (Å²) in [6, 6.07) is 18.5. The summed E-state index contributed by atoms with van der Waals surface area (Å²) in [5.41, 5.74) is 1.39. The Balaban J connectivity index is 0.000000183. The molecule has 0 bridgehead atoms. The predicted molar refractivity (Wildman–Crippen MR) is 65.1 cm³/mol. The average molecular weight is 286 g/mol. The Labute approximate surface area is 116 Å². The molecular weight excluding hydrogens is 271 g/mol. The Morgan fingerprint density at radius 2 is 1.38 bits per heavy atom. The molecule has 3 rings (SSSR count). The topological polar surface area (TPSA) is 0 Å². The number of rotatable bonds is 1. The second-order valence-electron chi connectivity index (χ2n) is 3.48. The normalized spacial score (nSPS) is 13.0. The van der Waals surface area contributed by atoms with Crippen LogP contribution < -0.4 is 0 Å². The van der Waals surface area contributed by atoms with Crippen molar-refractivity contribution >= 4 is 0 Å². The summed E-state index contributed by atoms with van der Waals surface area (Å²) in [4.78, 5) is 0. The van der Waals surface area contributed by atoms with Gasteiger partial charge in [0.15, 0.2) is 0 Å². The maximum Gasteiger partial charge on any atom is 2.00 e. The molecule has 0 atom stereocenters. The number of hydrogen-bond acceptors (Lipinski definition) is 0. The molecule has 0 spiro atoms. The quantitative estimate of drug-likeness (QED) is 0.694. The molecule has 0 aromatic heterocycles. The van der Waals surface area contributed by atoms with Gasteiger partial charge in [-0.1, -0.05) is 24.3 Å². The third-order valence-corrected chi connectivity index (χ3v) is 2.38. The van der Waals surface area contributed by atoms with E-state index in [1.165, 1.54) is 5.56 Å². The molecule has 0 fully saturated rings. The molecule has 0 amide bonds. The third-order valence-electron chi connectivity index (χ3n) is 2.38. The predicted octanol–water partition coefficient (Wildman–Crippen LogP) is 4.02. The minimum atomic E-state index is 0. The first-order chi connectivity index (χ1) is 7.47. The van der Waals surface area contributed by atoms with Gasteiger partial charge in [-0.05, 0) is 5.92 Å². The largest absolute Gasteiger partial charge is 2.00 e. The van der Waals surface area contributed by atoms with Crippen LogP contribution in [0.3, 0.4) is 0 Å². The fourth-order valence-electron chi connectivity index (χ4n) is 1.59. The van der Waals surface area contributed by atoms with Gasteiger partial charge in [0.1, 0.15) is 0 Å². The van der Waals surface area contributed by atoms with E-state index >= 15 is 0 Å². The van der Waals surface area contributed by atoms with Crippen LogP contribution in [0, 0.1) is 0 Å². The van der Waals surface area contributed by atoms with Crippen molar-refractivity contribution in [3.8, 4) is 0 Å². The molecule has 16 heavy (non-hydrogen) atoms. The maximum atomic E-state index is 2.20. The monoisotopic (exact) mass is 284 g/mol. The minimum Gasteiger partial charge on any atom is -0.214 e. The van der Waals surface area contributed by atoms with E-state index in [4.69, 9.17) is 0 Å². The summed E-state index contributed by atoms with van der Waals surface area (Å²) in [6.07, 6.45) is 8.60. The average Bonchev–Trinajstić information content (AvgIpc) is 3.06. The molecule has 0 nitrogen and oxygen atoms in total. The molecule has 78 valence electrons. The van der Waals surface area contributed by atoms with Crippen molar-refractivity contribution in [2.24, 2.45) is 0 Å². The van der Waals surface area contributed by atoms with Crippen molar-refractivity contribution in [3.63, 3.8) is 0 Å². The first-order valence-corrected chi connectivity index (χ1v) is 5.20. The minimum absolute atomic E-state index is 0. The van der Waals surface area contributed by atoms with E-state index in [2.05, 4.69) is 48.6 Å². The molecule has 0 N–H and O–H groups in total. The second-order valence-corrected chi connectivity index (χ2v) is 3.48. The van der Waals surface area contributed by atoms with Crippen LogP contribution in [0.1, 0.15) is 11.5 Å². The SMILES string of the molecule is C1=CC([c-]2cccc2)C=C1.[Zr+2].c1cc[cH-]c1. The Kier molecular flexibility index (Phi) is 6.04. The smallest absolute Gasteiger partial charge is 0.214 e. The van der Waals surface area contributed by atoms with E-state index in [0.717, 1.165) is 0 Å². The van der Waals surface area contributed by atoms with Crippen LogP contribution >= 0.6 is 0 Å². The van der Waals surface area contributed by atoms with E-state index < -0.39 is 0 Å². The van der Waals surface area contributed by atoms with Crippen LogP contribution in [-0.2, 0) is 26.2 Å². The van der Waals surface area contributed by atoms with E-state index in [1.54, 1.807) is 0 Å². The first-order valence-electron chi connectivity index (χ1n) is 5.20. The van der Waals surface area contributed by atoms with Crippen molar-refractivity contribution < 1.29 is 26.2 Å². The Morgan fingerprint density at radius 3 is 1.81 bits per heavy atom. The van der Waals surface area contributed by atoms with Gasteiger partial charge in [-0.25, -0.2) is 24.3 Å². The van der Waals surface area contributed by atoms with Gasteiger partial charge in [0.25, 0.3) is 0 Å². The second kappa shape index (κ2) is 7.36. The molecule has 0 saturated heterocycles. The van der Waals surface area contributed by atoms with Crippen molar-refractivity contribution in [2.45, 2.75) is 5.92 Å². The van der Waals surface area contributed by atoms with Gasteiger partial charge in [-0.15, -0.1) is 5.56 Å². The van der Waals surface area contributed by atoms with E-state index in [9.17, 15) is 0 Å². The molecular formula is C15H14Zr. The molecule has 1 aliphatic carbocycles. The molecule has 0 radical (unpaired) electrons. The molecule has 1 aliphatic rings. The van der Waals surface area contributed by atoms with Crippen LogP contribution in [0.4, 0.5) is 0 Å². The van der Waals surface area contributed by atoms with Gasteiger partial charge in [0.2, 0.25) is 0 Å². The maximum absolute atomic E-state index is 2.20. The van der Waals surface area contributed by atoms with Gasteiger partial charge < -0.3 is 0 Å². The third kappa shape index (κ3) is 3.91. The molecule has 0 heterocycles. The molecule has 1 heteroatoms. The van der Waals surface area contributed by atoms with E-state index in [0.29, 0.717) is 5.92 Å². The number of hydrogen-bond donors (Lipinski definition) is 0. The molecule has 0 aliphatic heterocycles. The zero-order chi connectivity index (χ0) is 10.3. The number of allylic oxidation sites excluding steroid dienone is 4. The van der Waals surface area contributed by atoms with Gasteiger partial charge >= 0.3 is 26.2 Å². The van der Waals surface area contributed by atoms with Gasteiger partial charge in [0.05, 0.1) is 0 Å². The zero-order valence-corrected chi connectivity index (χ0v) is 11.5. The van der Waals surface area contributed by atoms with E-state index in [-0.39, 0.29) is 26.2 Å². The van der Waals surface area contributed by atoms with Crippen LogP contribution in [0.5, 0.6) is 0 Å². The van der Waals surface area contributed by atoms with Crippen molar-refractivity contribution in [2.75, 3.05) is 0 Å². The molecule has 0 saturated carbocycles. The Hall–Kier alpha value is -0.937. The molecule has 2 aromatic rings. The summed E-state index contributed by atoms with van der Waals surface area (Å²) < 4.78 is 0. The van der Waals surface area contributed by atoms with Crippen LogP contribution in [0.15, 0.2) is 78.9 Å². The van der Waals surface area contributed by atoms with Crippen LogP contribution in [0.25, 0.3) is 0 Å². The summed E-state index contributed by atoms with van der Waals surface area (Å²) in [7, 11) is 0. The van der Waals surface area contributed by atoms with Crippen LogP contribution in [-0.4, -0.2) is 0 Å². The summed E-state index contributed by atoms with van der Waals surface area (Å²) in [6.45, 7) is 0. The summed E-state index contributed by atoms with van der Waals surface area (Å²) in [5.74, 6) is 0.537. The fraction of sp³-hybridized carbons (Fsp3) is 0.0667. The standard InChI is InChI=1S/C10H9.C5H5.Zr/c1-2-6-9(5-1)10-7-3-4-8-10;1-2-4-5-3-1;/h1-9H;1-5H;/q2*-1;+2. The Bertz CT molecular complexity index is 375. The van der Waals surface area contributed by atoms with Gasteiger partial charge in [-0.2, -0.15) is 30.3 Å². The fourth-order valence-corrected chi connectivity index (χ4v) is 1.59. The van der Waals surface area contributed by atoms with E-state index in [1.807, 2.05) is 30.3 Å². The van der Waals surface area contributed by atoms with Gasteiger partial charge in [0, 0.05) is 0 Å². The summed E-state index contributed by atoms with van der Waals surface area (Å²) >= 11 is 0. The van der Waals surface area contributed by atoms with Crippen molar-refractivity contribution in [3.05, 3.63) is 84.5 Å². The van der Waals surface area contributed by atoms with Crippen molar-refractivity contribution in [1.82, 2.24) is 0 Å². The molecule has 0 unspecified atom stereocenters. The Morgan fingerprint density at radius 1 is 0.812 bits per heavy atom. The molecule has 2 aromatic carbocycles.